The average molecular weight is 691 g/mol. The summed E-state index contributed by atoms with van der Waals surface area (Å²) in [6, 6.07) is 0. The van der Waals surface area contributed by atoms with E-state index in [1.165, 1.54) is 96.3 Å². The molecule has 0 saturated heterocycles. The maximum atomic E-state index is 12.5. The molecule has 0 aliphatic heterocycles. The largest absolute Gasteiger partial charge is 0.472 e. The van der Waals surface area contributed by atoms with Crippen LogP contribution in [0.25, 0.3) is 0 Å². The summed E-state index contributed by atoms with van der Waals surface area (Å²) in [5.41, 5.74) is 0. The number of quaternary nitrogens is 1. The van der Waals surface area contributed by atoms with Crippen molar-refractivity contribution in [3.05, 3.63) is 12.2 Å². The molecule has 0 aromatic carbocycles. The van der Waals surface area contributed by atoms with Crippen LogP contribution in [-0.4, -0.2) is 74.9 Å². The minimum absolute atomic E-state index is 0.0325. The van der Waals surface area contributed by atoms with Gasteiger partial charge in [-0.25, -0.2) is 4.57 Å². The van der Waals surface area contributed by atoms with Crippen LogP contribution in [0.3, 0.4) is 0 Å². The molecule has 0 aromatic rings. The van der Waals surface area contributed by atoms with Crippen LogP contribution in [-0.2, 0) is 32.7 Å². The van der Waals surface area contributed by atoms with Gasteiger partial charge in [-0.3, -0.25) is 18.6 Å². The molecular formula is C37H73NO8P+. The van der Waals surface area contributed by atoms with E-state index >= 15 is 0 Å². The number of hydrogen-bond acceptors (Lipinski definition) is 7. The number of nitrogens with zero attached hydrogens (tertiary/aromatic N) is 1. The van der Waals surface area contributed by atoms with Gasteiger partial charge in [-0.1, -0.05) is 122 Å². The maximum absolute atomic E-state index is 12.5. The molecule has 9 nitrogen and oxygen atoms in total. The lowest BCUT2D eigenvalue weighted by atomic mass is 10.1. The van der Waals surface area contributed by atoms with E-state index in [-0.39, 0.29) is 26.1 Å². The molecule has 0 aliphatic rings. The summed E-state index contributed by atoms with van der Waals surface area (Å²) in [6.07, 6.45) is 29.5. The summed E-state index contributed by atoms with van der Waals surface area (Å²) in [5.74, 6) is -0.839. The fraction of sp³-hybridized carbons (Fsp3) is 0.892. The molecule has 0 heterocycles. The van der Waals surface area contributed by atoms with Crippen molar-refractivity contribution in [1.29, 1.82) is 0 Å². The molecule has 2 atom stereocenters. The van der Waals surface area contributed by atoms with Crippen molar-refractivity contribution in [3.8, 4) is 0 Å². The van der Waals surface area contributed by atoms with Gasteiger partial charge in [0.2, 0.25) is 0 Å². The van der Waals surface area contributed by atoms with Crippen molar-refractivity contribution in [2.24, 2.45) is 0 Å². The number of likely N-dealkylation sites (N-methyl/N-ethyl adjacent to an activating group) is 1. The van der Waals surface area contributed by atoms with Crippen molar-refractivity contribution in [2.45, 2.75) is 168 Å². The molecule has 0 spiro atoms. The molecule has 2 unspecified atom stereocenters. The van der Waals surface area contributed by atoms with Gasteiger partial charge in [0.15, 0.2) is 6.10 Å². The predicted octanol–water partition coefficient (Wildman–Crippen LogP) is 9.85. The monoisotopic (exact) mass is 691 g/mol. The summed E-state index contributed by atoms with van der Waals surface area (Å²) in [7, 11) is 1.47. The van der Waals surface area contributed by atoms with Crippen LogP contribution in [0.4, 0.5) is 0 Å². The Bertz CT molecular complexity index is 830. The highest BCUT2D eigenvalue weighted by Gasteiger charge is 2.27. The van der Waals surface area contributed by atoms with E-state index in [9.17, 15) is 19.0 Å². The highest BCUT2D eigenvalue weighted by atomic mass is 31.2. The van der Waals surface area contributed by atoms with Gasteiger partial charge in [0.05, 0.1) is 27.7 Å². The van der Waals surface area contributed by atoms with Crippen molar-refractivity contribution in [3.63, 3.8) is 0 Å². The third-order valence-electron chi connectivity index (χ3n) is 8.05. The van der Waals surface area contributed by atoms with Crippen LogP contribution in [0.5, 0.6) is 0 Å². The fourth-order valence-electron chi connectivity index (χ4n) is 4.99. The van der Waals surface area contributed by atoms with Crippen LogP contribution in [0.15, 0.2) is 12.2 Å². The Morgan fingerprint density at radius 2 is 1.11 bits per heavy atom. The van der Waals surface area contributed by atoms with E-state index < -0.39 is 32.5 Å². The Kier molecular flexibility index (Phi) is 30.0. The zero-order valence-corrected chi connectivity index (χ0v) is 31.9. The smallest absolute Gasteiger partial charge is 0.462 e. The van der Waals surface area contributed by atoms with Crippen molar-refractivity contribution in [1.82, 2.24) is 0 Å². The molecule has 0 radical (unpaired) electrons. The molecule has 278 valence electrons. The highest BCUT2D eigenvalue weighted by molar-refractivity contribution is 7.47. The summed E-state index contributed by atoms with van der Waals surface area (Å²) < 4.78 is 33.7. The molecule has 0 fully saturated rings. The third kappa shape index (κ3) is 34.4. The normalized spacial score (nSPS) is 13.9. The second-order valence-corrected chi connectivity index (χ2v) is 15.4. The molecule has 0 aromatic heterocycles. The SMILES string of the molecule is CCCCCCCCCC/C=C\CCCCCCCCCCCC(=O)OC(COC(=O)CCCC)COP(=O)(O)OCC[N+](C)(C)C. The Labute approximate surface area is 288 Å². The molecule has 1 N–H and O–H groups in total. The topological polar surface area (TPSA) is 108 Å². The minimum Gasteiger partial charge on any atom is -0.462 e. The first-order valence-electron chi connectivity index (χ1n) is 18.9. The fourth-order valence-corrected chi connectivity index (χ4v) is 5.73. The number of phosphoric ester groups is 1. The van der Waals surface area contributed by atoms with Gasteiger partial charge in [0.1, 0.15) is 19.8 Å². The van der Waals surface area contributed by atoms with E-state index in [1.807, 2.05) is 28.1 Å². The van der Waals surface area contributed by atoms with Gasteiger partial charge >= 0.3 is 19.8 Å². The van der Waals surface area contributed by atoms with Gasteiger partial charge in [0.25, 0.3) is 0 Å². The molecule has 0 saturated carbocycles. The van der Waals surface area contributed by atoms with Crippen LogP contribution >= 0.6 is 7.82 Å². The maximum Gasteiger partial charge on any atom is 0.472 e. The molecule has 0 aliphatic carbocycles. The standard InChI is InChI=1S/C37H72NO8P/c1-6-8-10-11-12-13-14-15-16-17-18-19-20-21-22-23-24-25-26-27-28-30-37(40)46-35(33-43-36(39)29-9-7-2)34-45-47(41,42)44-32-31-38(3,4)5/h17-18,35H,6-16,19-34H2,1-5H3/p+1/b18-17-. The van der Waals surface area contributed by atoms with Gasteiger partial charge in [0, 0.05) is 12.8 Å². The highest BCUT2D eigenvalue weighted by Crippen LogP contribution is 2.43. The molecule has 47 heavy (non-hydrogen) atoms. The number of ether oxygens (including phenoxy) is 2. The van der Waals surface area contributed by atoms with E-state index in [0.29, 0.717) is 23.9 Å². The molecule has 0 amide bonds. The average Bonchev–Trinajstić information content (AvgIpc) is 3.01. The van der Waals surface area contributed by atoms with E-state index in [0.717, 1.165) is 25.7 Å². The van der Waals surface area contributed by atoms with Crippen LogP contribution in [0.1, 0.15) is 162 Å². The molecule has 0 bridgehead atoms. The Balaban J connectivity index is 4.03. The zero-order valence-electron chi connectivity index (χ0n) is 31.0. The number of esters is 2. The summed E-state index contributed by atoms with van der Waals surface area (Å²) >= 11 is 0. The summed E-state index contributed by atoms with van der Waals surface area (Å²) in [4.78, 5) is 34.5. The minimum atomic E-state index is -4.34. The first kappa shape index (κ1) is 45.8. The number of allylic oxidation sites excluding steroid dienone is 2. The third-order valence-corrected chi connectivity index (χ3v) is 9.03. The molecule has 10 heteroatoms. The second-order valence-electron chi connectivity index (χ2n) is 14.0. The van der Waals surface area contributed by atoms with Crippen LogP contribution in [0, 0.1) is 0 Å². The van der Waals surface area contributed by atoms with E-state index in [2.05, 4.69) is 19.1 Å². The van der Waals surface area contributed by atoms with Gasteiger partial charge in [-0.15, -0.1) is 0 Å². The van der Waals surface area contributed by atoms with E-state index in [1.54, 1.807) is 0 Å². The second kappa shape index (κ2) is 30.8. The Morgan fingerprint density at radius 1 is 0.638 bits per heavy atom. The number of hydrogen-bond donors (Lipinski definition) is 1. The van der Waals surface area contributed by atoms with Crippen molar-refractivity contribution >= 4 is 19.8 Å². The summed E-state index contributed by atoms with van der Waals surface area (Å²) in [5, 5.41) is 0. The van der Waals surface area contributed by atoms with Gasteiger partial charge < -0.3 is 18.9 Å². The lowest BCUT2D eigenvalue weighted by Gasteiger charge is -2.24. The number of carbonyl (C=O) groups is 2. The lowest BCUT2D eigenvalue weighted by Crippen LogP contribution is -2.37. The Hall–Kier alpha value is -1.25. The number of unbranched alkanes of at least 4 members (excludes halogenated alkanes) is 18. The lowest BCUT2D eigenvalue weighted by molar-refractivity contribution is -0.870. The number of phosphoric acid groups is 1. The van der Waals surface area contributed by atoms with Crippen molar-refractivity contribution < 1.29 is 42.1 Å². The molecule has 0 rings (SSSR count). The van der Waals surface area contributed by atoms with Crippen molar-refractivity contribution in [2.75, 3.05) is 47.5 Å². The molecular weight excluding hydrogens is 617 g/mol. The van der Waals surface area contributed by atoms with E-state index in [4.69, 9.17) is 18.5 Å². The number of carbonyl (C=O) groups excluding carboxylic acids is 2. The first-order valence-corrected chi connectivity index (χ1v) is 20.4. The predicted molar refractivity (Wildman–Crippen MR) is 192 cm³/mol. The Morgan fingerprint density at radius 3 is 1.62 bits per heavy atom. The summed E-state index contributed by atoms with van der Waals surface area (Å²) in [6.45, 7) is 4.15. The van der Waals surface area contributed by atoms with Gasteiger partial charge in [-0.2, -0.15) is 0 Å². The van der Waals surface area contributed by atoms with Crippen LogP contribution in [0.2, 0.25) is 0 Å². The number of rotatable bonds is 34. The quantitative estimate of drug-likeness (QED) is 0.0234. The first-order chi connectivity index (χ1) is 22.5. The van der Waals surface area contributed by atoms with Crippen LogP contribution < -0.4 is 0 Å². The van der Waals surface area contributed by atoms with Gasteiger partial charge in [-0.05, 0) is 38.5 Å². The zero-order chi connectivity index (χ0) is 35.1.